The van der Waals surface area contributed by atoms with Crippen LogP contribution in [0.4, 0.5) is 5.82 Å². The summed E-state index contributed by atoms with van der Waals surface area (Å²) in [5.41, 5.74) is 3.71. The lowest BCUT2D eigenvalue weighted by Crippen LogP contribution is -2.26. The molecule has 2 aromatic heterocycles. The molecule has 0 saturated carbocycles. The number of carbonyl (C=O) groups excluding carboxylic acids is 1. The number of hydrazine groups is 1. The summed E-state index contributed by atoms with van der Waals surface area (Å²) in [6.45, 7) is 2.34. The molecule has 2 rings (SSSR count). The predicted molar refractivity (Wildman–Crippen MR) is 76.0 cm³/mol. The van der Waals surface area contributed by atoms with Crippen LogP contribution >= 0.6 is 0 Å². The number of nitrogens with zero attached hydrogens (tertiary/aromatic N) is 3. The van der Waals surface area contributed by atoms with E-state index < -0.39 is 0 Å². The first-order valence-corrected chi connectivity index (χ1v) is 6.30. The molecular weight excluding hydrogens is 256 g/mol. The predicted octanol–water partition coefficient (Wildman–Crippen LogP) is 0.382. The van der Waals surface area contributed by atoms with Gasteiger partial charge in [0.2, 0.25) is 0 Å². The molecular formula is C13H18N6O. The molecule has 7 nitrogen and oxygen atoms in total. The van der Waals surface area contributed by atoms with Gasteiger partial charge in [-0.15, -0.1) is 0 Å². The number of anilines is 1. The van der Waals surface area contributed by atoms with Gasteiger partial charge < -0.3 is 15.3 Å². The molecule has 4 N–H and O–H groups in total. The molecule has 7 heteroatoms. The van der Waals surface area contributed by atoms with E-state index in [1.54, 1.807) is 18.3 Å². The van der Waals surface area contributed by atoms with Crippen molar-refractivity contribution < 1.29 is 4.79 Å². The van der Waals surface area contributed by atoms with Crippen molar-refractivity contribution in [3.05, 3.63) is 41.6 Å². The zero-order valence-corrected chi connectivity index (χ0v) is 11.6. The molecule has 0 fully saturated rings. The lowest BCUT2D eigenvalue weighted by Gasteiger charge is -2.08. The minimum Gasteiger partial charge on any atom is -0.352 e. The Balaban J connectivity index is 1.95. The summed E-state index contributed by atoms with van der Waals surface area (Å²) in [5, 5.41) is 2.85. The van der Waals surface area contributed by atoms with Crippen molar-refractivity contribution in [3.63, 3.8) is 0 Å². The maximum Gasteiger partial charge on any atom is 0.251 e. The Morgan fingerprint density at radius 1 is 1.45 bits per heavy atom. The minimum absolute atomic E-state index is 0.152. The summed E-state index contributed by atoms with van der Waals surface area (Å²) in [6, 6.07) is 3.33. The van der Waals surface area contributed by atoms with Gasteiger partial charge in [-0.2, -0.15) is 0 Å². The van der Waals surface area contributed by atoms with E-state index in [0.29, 0.717) is 24.3 Å². The van der Waals surface area contributed by atoms with Crippen LogP contribution < -0.4 is 16.6 Å². The van der Waals surface area contributed by atoms with Gasteiger partial charge in [0.15, 0.2) is 0 Å². The Labute approximate surface area is 117 Å². The molecule has 0 aliphatic rings. The third-order valence-electron chi connectivity index (χ3n) is 2.92. The van der Waals surface area contributed by atoms with Crippen molar-refractivity contribution >= 4 is 11.7 Å². The average Bonchev–Trinajstić information content (AvgIpc) is 2.83. The van der Waals surface area contributed by atoms with E-state index in [4.69, 9.17) is 5.84 Å². The molecule has 106 valence electrons. The first-order chi connectivity index (χ1) is 9.60. The Hall–Kier alpha value is -2.41. The molecule has 0 aromatic carbocycles. The highest BCUT2D eigenvalue weighted by Crippen LogP contribution is 2.09. The van der Waals surface area contributed by atoms with Crippen molar-refractivity contribution in [1.82, 2.24) is 19.9 Å². The van der Waals surface area contributed by atoms with Crippen molar-refractivity contribution in [2.45, 2.75) is 13.3 Å². The summed E-state index contributed by atoms with van der Waals surface area (Å²) in [5.74, 6) is 6.56. The second-order valence-corrected chi connectivity index (χ2v) is 4.49. The van der Waals surface area contributed by atoms with Crippen LogP contribution in [-0.4, -0.2) is 27.0 Å². The van der Waals surface area contributed by atoms with Gasteiger partial charge in [0, 0.05) is 43.7 Å². The number of nitrogen functional groups attached to an aromatic ring is 1. The number of imidazole rings is 1. The first kappa shape index (κ1) is 14.0. The topological polar surface area (TPSA) is 97.9 Å². The highest BCUT2D eigenvalue weighted by atomic mass is 16.1. The highest BCUT2D eigenvalue weighted by molar-refractivity contribution is 5.94. The molecule has 2 aromatic rings. The summed E-state index contributed by atoms with van der Waals surface area (Å²) >= 11 is 0. The SMILES string of the molecule is Cc1cc(C(=O)NCCc2nccn2C)cc(NN)n1. The van der Waals surface area contributed by atoms with Crippen LogP contribution in [0.3, 0.4) is 0 Å². The highest BCUT2D eigenvalue weighted by Gasteiger charge is 2.08. The van der Waals surface area contributed by atoms with E-state index in [2.05, 4.69) is 20.7 Å². The van der Waals surface area contributed by atoms with Crippen LogP contribution in [0.5, 0.6) is 0 Å². The van der Waals surface area contributed by atoms with Crippen LogP contribution in [0.1, 0.15) is 21.9 Å². The number of pyridine rings is 1. The lowest BCUT2D eigenvalue weighted by atomic mass is 10.2. The number of amides is 1. The fourth-order valence-electron chi connectivity index (χ4n) is 1.90. The van der Waals surface area contributed by atoms with Gasteiger partial charge >= 0.3 is 0 Å². The maximum atomic E-state index is 12.0. The Bertz CT molecular complexity index is 607. The molecule has 0 unspecified atom stereocenters. The van der Waals surface area contributed by atoms with E-state index in [1.165, 1.54) is 0 Å². The van der Waals surface area contributed by atoms with Crippen LogP contribution in [0, 0.1) is 6.92 Å². The normalized spacial score (nSPS) is 10.3. The van der Waals surface area contributed by atoms with Crippen molar-refractivity contribution in [1.29, 1.82) is 0 Å². The van der Waals surface area contributed by atoms with Gasteiger partial charge in [0.25, 0.3) is 5.91 Å². The molecule has 0 radical (unpaired) electrons. The van der Waals surface area contributed by atoms with Crippen LogP contribution in [-0.2, 0) is 13.5 Å². The van der Waals surface area contributed by atoms with Crippen LogP contribution in [0.2, 0.25) is 0 Å². The fourth-order valence-corrected chi connectivity index (χ4v) is 1.90. The molecule has 2 heterocycles. The van der Waals surface area contributed by atoms with Gasteiger partial charge in [-0.05, 0) is 19.1 Å². The molecule has 1 amide bonds. The fraction of sp³-hybridized carbons (Fsp3) is 0.308. The number of rotatable bonds is 5. The minimum atomic E-state index is -0.152. The summed E-state index contributed by atoms with van der Waals surface area (Å²) in [4.78, 5) is 20.4. The van der Waals surface area contributed by atoms with Gasteiger partial charge in [-0.1, -0.05) is 0 Å². The summed E-state index contributed by atoms with van der Waals surface area (Å²) in [7, 11) is 1.93. The van der Waals surface area contributed by atoms with Gasteiger partial charge in [-0.3, -0.25) is 4.79 Å². The Morgan fingerprint density at radius 3 is 2.90 bits per heavy atom. The smallest absolute Gasteiger partial charge is 0.251 e. The maximum absolute atomic E-state index is 12.0. The van der Waals surface area contributed by atoms with Crippen LogP contribution in [0.25, 0.3) is 0 Å². The second kappa shape index (κ2) is 6.16. The van der Waals surface area contributed by atoms with E-state index in [-0.39, 0.29) is 5.91 Å². The molecule has 0 saturated heterocycles. The summed E-state index contributed by atoms with van der Waals surface area (Å²) in [6.07, 6.45) is 4.30. The number of aromatic nitrogens is 3. The monoisotopic (exact) mass is 274 g/mol. The zero-order valence-electron chi connectivity index (χ0n) is 11.6. The van der Waals surface area contributed by atoms with E-state index >= 15 is 0 Å². The standard InChI is InChI=1S/C13H18N6O/c1-9-7-10(8-11(17-9)18-14)13(20)16-4-3-12-15-5-6-19(12)2/h5-8H,3-4,14H2,1-2H3,(H,16,20)(H,17,18). The number of hydrogen-bond donors (Lipinski definition) is 3. The van der Waals surface area contributed by atoms with E-state index in [1.807, 2.05) is 24.7 Å². The number of hydrogen-bond acceptors (Lipinski definition) is 5. The molecule has 20 heavy (non-hydrogen) atoms. The molecule has 0 aliphatic heterocycles. The Kier molecular flexibility index (Phi) is 4.31. The van der Waals surface area contributed by atoms with Crippen molar-refractivity contribution in [2.75, 3.05) is 12.0 Å². The second-order valence-electron chi connectivity index (χ2n) is 4.49. The largest absolute Gasteiger partial charge is 0.352 e. The van der Waals surface area contributed by atoms with Crippen molar-refractivity contribution in [3.8, 4) is 0 Å². The van der Waals surface area contributed by atoms with Gasteiger partial charge in [0.1, 0.15) is 11.6 Å². The lowest BCUT2D eigenvalue weighted by molar-refractivity contribution is 0.0953. The Morgan fingerprint density at radius 2 is 2.25 bits per heavy atom. The number of carbonyl (C=O) groups is 1. The summed E-state index contributed by atoms with van der Waals surface area (Å²) < 4.78 is 1.93. The van der Waals surface area contributed by atoms with E-state index in [0.717, 1.165) is 11.5 Å². The zero-order chi connectivity index (χ0) is 14.5. The van der Waals surface area contributed by atoms with Crippen LogP contribution in [0.15, 0.2) is 24.5 Å². The van der Waals surface area contributed by atoms with E-state index in [9.17, 15) is 4.79 Å². The third-order valence-corrected chi connectivity index (χ3v) is 2.92. The molecule has 0 bridgehead atoms. The van der Waals surface area contributed by atoms with Gasteiger partial charge in [-0.25, -0.2) is 15.8 Å². The van der Waals surface area contributed by atoms with Gasteiger partial charge in [0.05, 0.1) is 0 Å². The quantitative estimate of drug-likeness (QED) is 0.541. The number of aryl methyl sites for hydroxylation is 2. The number of nitrogens with one attached hydrogen (secondary N) is 2. The molecule has 0 spiro atoms. The first-order valence-electron chi connectivity index (χ1n) is 6.30. The molecule has 0 aliphatic carbocycles. The van der Waals surface area contributed by atoms with Crippen molar-refractivity contribution in [2.24, 2.45) is 12.9 Å². The molecule has 0 atom stereocenters. The average molecular weight is 274 g/mol. The number of nitrogens with two attached hydrogens (primary N) is 1. The third kappa shape index (κ3) is 3.33.